The average Bonchev–Trinajstić information content (AvgIpc) is 3.42. The van der Waals surface area contributed by atoms with Crippen LogP contribution in [0.25, 0.3) is 21.9 Å². The summed E-state index contributed by atoms with van der Waals surface area (Å²) in [6.45, 7) is 3.80. The highest BCUT2D eigenvalue weighted by atomic mass is 79.9. The van der Waals surface area contributed by atoms with Gasteiger partial charge in [0.05, 0.1) is 30.7 Å². The summed E-state index contributed by atoms with van der Waals surface area (Å²) in [5, 5.41) is 3.85. The normalized spacial score (nSPS) is 18.7. The van der Waals surface area contributed by atoms with Crippen LogP contribution < -0.4 is 15.8 Å². The van der Waals surface area contributed by atoms with Gasteiger partial charge in [-0.25, -0.2) is 19.7 Å². The molecule has 0 spiro atoms. The molecule has 5 rings (SSSR count). The van der Waals surface area contributed by atoms with E-state index in [1.54, 1.807) is 39.8 Å². The molecule has 1 aliphatic rings. The van der Waals surface area contributed by atoms with E-state index < -0.39 is 12.0 Å². The van der Waals surface area contributed by atoms with E-state index in [1.807, 2.05) is 13.8 Å². The Labute approximate surface area is 238 Å². The summed E-state index contributed by atoms with van der Waals surface area (Å²) in [5.74, 6) is -0.156. The zero-order valence-electron chi connectivity index (χ0n) is 22.3. The predicted molar refractivity (Wildman–Crippen MR) is 152 cm³/mol. The largest absolute Gasteiger partial charge is 0.495 e. The number of ether oxygens (including phenoxy) is 2. The van der Waals surface area contributed by atoms with Gasteiger partial charge in [0, 0.05) is 11.4 Å². The number of fused-ring (bicyclic) bond motifs is 3. The van der Waals surface area contributed by atoms with Crippen LogP contribution in [0.4, 0.5) is 11.6 Å². The van der Waals surface area contributed by atoms with Crippen LogP contribution in [0.2, 0.25) is 0 Å². The van der Waals surface area contributed by atoms with Gasteiger partial charge in [0.1, 0.15) is 46.5 Å². The molecule has 0 bridgehead atoms. The Morgan fingerprint density at radius 2 is 1.95 bits per heavy atom. The van der Waals surface area contributed by atoms with Crippen LogP contribution in [0.5, 0.6) is 5.75 Å². The molecule has 3 N–H and O–H groups in total. The maximum absolute atomic E-state index is 14.0. The highest BCUT2D eigenvalue weighted by Gasteiger charge is 2.43. The molecule has 2 amide bonds. The van der Waals surface area contributed by atoms with Gasteiger partial charge < -0.3 is 30.0 Å². The van der Waals surface area contributed by atoms with Crippen LogP contribution in [0.1, 0.15) is 30.6 Å². The number of anilines is 2. The molecule has 1 aliphatic heterocycles. The summed E-state index contributed by atoms with van der Waals surface area (Å²) in [7, 11) is 2.76. The molecule has 208 valence electrons. The SMILES string of the molecule is COC(=O)c1cc(OC)c2c(c1)c1c(N)ncnc1n2CC(=O)N1[C@H](C)[C@H](C)C[C@H]1C(=O)Nc1cccc(Br)n1. The molecule has 3 aromatic heterocycles. The smallest absolute Gasteiger partial charge is 0.338 e. The van der Waals surface area contributed by atoms with E-state index in [0.717, 1.165) is 0 Å². The molecule has 4 heterocycles. The number of halogens is 1. The fourth-order valence-corrected chi connectivity index (χ4v) is 5.68. The van der Waals surface area contributed by atoms with E-state index in [2.05, 4.69) is 36.2 Å². The number of hydrogen-bond acceptors (Lipinski definition) is 9. The first-order chi connectivity index (χ1) is 19.1. The van der Waals surface area contributed by atoms with Gasteiger partial charge in [-0.2, -0.15) is 0 Å². The summed E-state index contributed by atoms with van der Waals surface area (Å²) in [6.07, 6.45) is 1.81. The van der Waals surface area contributed by atoms with Crippen molar-refractivity contribution in [3.05, 3.63) is 46.8 Å². The Balaban J connectivity index is 1.56. The zero-order valence-corrected chi connectivity index (χ0v) is 23.9. The second kappa shape index (κ2) is 10.7. The summed E-state index contributed by atoms with van der Waals surface area (Å²) < 4.78 is 12.8. The average molecular weight is 610 g/mol. The third-order valence-corrected chi connectivity index (χ3v) is 7.85. The van der Waals surface area contributed by atoms with Crippen LogP contribution in [0.3, 0.4) is 0 Å². The van der Waals surface area contributed by atoms with Crippen molar-refractivity contribution >= 4 is 67.3 Å². The Morgan fingerprint density at radius 3 is 2.65 bits per heavy atom. The van der Waals surface area contributed by atoms with Crippen molar-refractivity contribution < 1.29 is 23.9 Å². The number of likely N-dealkylation sites (tertiary alicyclic amines) is 1. The number of carbonyl (C=O) groups is 3. The van der Waals surface area contributed by atoms with Crippen molar-refractivity contribution in [2.24, 2.45) is 5.92 Å². The molecule has 40 heavy (non-hydrogen) atoms. The molecule has 13 heteroatoms. The number of esters is 1. The number of nitrogens with zero attached hydrogens (tertiary/aromatic N) is 5. The van der Waals surface area contributed by atoms with Gasteiger partial charge in [0.2, 0.25) is 11.8 Å². The number of methoxy groups -OCH3 is 2. The molecule has 1 aromatic carbocycles. The van der Waals surface area contributed by atoms with Crippen molar-refractivity contribution in [1.29, 1.82) is 0 Å². The standard InChI is InChI=1S/C27H28BrN7O5/c1-13-8-17(26(37)33-20-7-5-6-19(28)32-20)35(14(13)2)21(36)11-34-23-16(22-24(29)30-12-31-25(22)34)9-15(27(38)40-4)10-18(23)39-3/h5-7,9-10,12-14,17H,8,11H2,1-4H3,(H2,29,30,31)(H,32,33,37)/t13-,14-,17+/m1/s1. The molecule has 0 aliphatic carbocycles. The van der Waals surface area contributed by atoms with Crippen molar-refractivity contribution in [3.63, 3.8) is 0 Å². The number of nitrogens with two attached hydrogens (primary N) is 1. The number of pyridine rings is 1. The second-order valence-corrected chi connectivity index (χ2v) is 10.5. The summed E-state index contributed by atoms with van der Waals surface area (Å²) in [5.41, 5.74) is 7.41. The molecule has 12 nitrogen and oxygen atoms in total. The molecule has 3 atom stereocenters. The molecular formula is C27H28BrN7O5. The number of nitrogen functional groups attached to an aromatic ring is 1. The number of nitrogens with one attached hydrogen (secondary N) is 1. The molecule has 0 saturated carbocycles. The van der Waals surface area contributed by atoms with Crippen LogP contribution >= 0.6 is 15.9 Å². The minimum Gasteiger partial charge on any atom is -0.495 e. The second-order valence-electron chi connectivity index (χ2n) is 9.72. The van der Waals surface area contributed by atoms with Crippen molar-refractivity contribution in [2.45, 2.75) is 38.9 Å². The zero-order chi connectivity index (χ0) is 28.7. The number of rotatable bonds is 6. The fraction of sp³-hybridized carbons (Fsp3) is 0.333. The van der Waals surface area contributed by atoms with Gasteiger partial charge in [-0.05, 0) is 59.5 Å². The molecule has 0 unspecified atom stereocenters. The van der Waals surface area contributed by atoms with E-state index >= 15 is 0 Å². The van der Waals surface area contributed by atoms with Gasteiger partial charge in [-0.15, -0.1) is 0 Å². The van der Waals surface area contributed by atoms with Crippen molar-refractivity contribution in [3.8, 4) is 5.75 Å². The minimum atomic E-state index is -0.695. The van der Waals surface area contributed by atoms with Gasteiger partial charge in [0.15, 0.2) is 0 Å². The van der Waals surface area contributed by atoms with Gasteiger partial charge >= 0.3 is 5.97 Å². The highest BCUT2D eigenvalue weighted by Crippen LogP contribution is 2.38. The Bertz CT molecular complexity index is 1660. The molecule has 1 fully saturated rings. The first-order valence-electron chi connectivity index (χ1n) is 12.6. The lowest BCUT2D eigenvalue weighted by molar-refractivity contribution is -0.139. The topological polar surface area (TPSA) is 155 Å². The lowest BCUT2D eigenvalue weighted by Crippen LogP contribution is -2.47. The fourth-order valence-electron chi connectivity index (χ4n) is 5.34. The van der Waals surface area contributed by atoms with E-state index in [0.29, 0.717) is 44.5 Å². The van der Waals surface area contributed by atoms with E-state index in [-0.39, 0.29) is 41.7 Å². The maximum Gasteiger partial charge on any atom is 0.338 e. The van der Waals surface area contributed by atoms with Crippen LogP contribution in [0.15, 0.2) is 41.3 Å². The van der Waals surface area contributed by atoms with Gasteiger partial charge in [-0.1, -0.05) is 13.0 Å². The highest BCUT2D eigenvalue weighted by molar-refractivity contribution is 9.10. The maximum atomic E-state index is 14.0. The number of benzene rings is 1. The molecule has 1 saturated heterocycles. The minimum absolute atomic E-state index is 0.0865. The first kappa shape index (κ1) is 27.3. The van der Waals surface area contributed by atoms with Crippen molar-refractivity contribution in [1.82, 2.24) is 24.4 Å². The summed E-state index contributed by atoms with van der Waals surface area (Å²) in [6, 6.07) is 7.49. The Kier molecular flexibility index (Phi) is 7.32. The third-order valence-electron chi connectivity index (χ3n) is 7.41. The van der Waals surface area contributed by atoms with Crippen LogP contribution in [-0.2, 0) is 20.9 Å². The van der Waals surface area contributed by atoms with E-state index in [9.17, 15) is 14.4 Å². The van der Waals surface area contributed by atoms with E-state index in [1.165, 1.54) is 20.5 Å². The Hall–Kier alpha value is -4.26. The Morgan fingerprint density at radius 1 is 1.18 bits per heavy atom. The molecular weight excluding hydrogens is 582 g/mol. The van der Waals surface area contributed by atoms with Crippen molar-refractivity contribution in [2.75, 3.05) is 25.3 Å². The molecule has 4 aromatic rings. The van der Waals surface area contributed by atoms with E-state index in [4.69, 9.17) is 15.2 Å². The summed E-state index contributed by atoms with van der Waals surface area (Å²) >= 11 is 3.31. The lowest BCUT2D eigenvalue weighted by atomic mass is 10.0. The number of carbonyl (C=O) groups excluding carboxylic acids is 3. The van der Waals surface area contributed by atoms with Crippen LogP contribution in [0, 0.1) is 5.92 Å². The number of aromatic nitrogens is 4. The number of hydrogen-bond donors (Lipinski definition) is 2. The van der Waals surface area contributed by atoms with Gasteiger partial charge in [-0.3, -0.25) is 9.59 Å². The summed E-state index contributed by atoms with van der Waals surface area (Å²) in [4.78, 5) is 54.2. The quantitative estimate of drug-likeness (QED) is 0.247. The van der Waals surface area contributed by atoms with Crippen LogP contribution in [-0.4, -0.2) is 68.5 Å². The first-order valence-corrected chi connectivity index (χ1v) is 13.4. The predicted octanol–water partition coefficient (Wildman–Crippen LogP) is 3.38. The number of amides is 2. The lowest BCUT2D eigenvalue weighted by Gasteiger charge is -2.29. The molecule has 0 radical (unpaired) electrons. The third kappa shape index (κ3) is 4.70. The van der Waals surface area contributed by atoms with Gasteiger partial charge in [0.25, 0.3) is 0 Å². The monoisotopic (exact) mass is 609 g/mol.